The van der Waals surface area contributed by atoms with Crippen LogP contribution >= 0.6 is 34.8 Å². The first-order valence-corrected chi connectivity index (χ1v) is 5.70. The highest BCUT2D eigenvalue weighted by Crippen LogP contribution is 2.28. The average molecular weight is 267 g/mol. The molecule has 0 aliphatic heterocycles. The lowest BCUT2D eigenvalue weighted by Crippen LogP contribution is -2.31. The molecule has 0 bridgehead atoms. The van der Waals surface area contributed by atoms with Crippen molar-refractivity contribution in [3.8, 4) is 0 Å². The van der Waals surface area contributed by atoms with E-state index >= 15 is 0 Å². The summed E-state index contributed by atoms with van der Waals surface area (Å²) in [5.41, 5.74) is 0.634. The fourth-order valence-corrected chi connectivity index (χ4v) is 1.91. The molecule has 0 atom stereocenters. The number of carbonyl (C=O) groups is 1. The van der Waals surface area contributed by atoms with Crippen LogP contribution in [0.1, 0.15) is 6.92 Å². The van der Waals surface area contributed by atoms with Crippen LogP contribution in [-0.2, 0) is 4.79 Å². The number of alkyl halides is 1. The van der Waals surface area contributed by atoms with Gasteiger partial charge in [0.15, 0.2) is 0 Å². The SMILES string of the molecule is CCN(C(=O)CCl)c1ccc(Cl)cc1Cl. The van der Waals surface area contributed by atoms with Crippen LogP contribution in [0.15, 0.2) is 18.2 Å². The maximum Gasteiger partial charge on any atom is 0.241 e. The van der Waals surface area contributed by atoms with Gasteiger partial charge in [-0.2, -0.15) is 0 Å². The first-order chi connectivity index (χ1) is 7.10. The standard InChI is InChI=1S/C10H10Cl3NO/c1-2-14(10(15)6-11)9-4-3-7(12)5-8(9)13/h3-5H,2,6H2,1H3. The number of hydrogen-bond donors (Lipinski definition) is 0. The van der Waals surface area contributed by atoms with E-state index in [0.29, 0.717) is 22.3 Å². The van der Waals surface area contributed by atoms with Gasteiger partial charge in [0, 0.05) is 11.6 Å². The van der Waals surface area contributed by atoms with Crippen molar-refractivity contribution in [3.05, 3.63) is 28.2 Å². The normalized spacial score (nSPS) is 10.1. The third-order valence-corrected chi connectivity index (χ3v) is 2.70. The number of amides is 1. The lowest BCUT2D eigenvalue weighted by molar-refractivity contribution is -0.116. The molecule has 5 heteroatoms. The number of anilines is 1. The van der Waals surface area contributed by atoms with Crippen molar-refractivity contribution < 1.29 is 4.79 Å². The van der Waals surface area contributed by atoms with Gasteiger partial charge in [-0.25, -0.2) is 0 Å². The zero-order valence-electron chi connectivity index (χ0n) is 8.14. The van der Waals surface area contributed by atoms with E-state index in [4.69, 9.17) is 34.8 Å². The molecule has 2 nitrogen and oxygen atoms in total. The molecule has 1 amide bonds. The van der Waals surface area contributed by atoms with Gasteiger partial charge in [-0.15, -0.1) is 11.6 Å². The van der Waals surface area contributed by atoms with Crippen LogP contribution in [0.2, 0.25) is 10.0 Å². The molecule has 0 saturated heterocycles. The Bertz CT molecular complexity index is 368. The Morgan fingerprint density at radius 2 is 2.07 bits per heavy atom. The first kappa shape index (κ1) is 12.6. The minimum atomic E-state index is -0.177. The van der Waals surface area contributed by atoms with Crippen molar-refractivity contribution in [3.63, 3.8) is 0 Å². The first-order valence-electron chi connectivity index (χ1n) is 4.41. The highest BCUT2D eigenvalue weighted by Gasteiger charge is 2.15. The number of nitrogens with zero attached hydrogens (tertiary/aromatic N) is 1. The molecule has 0 unspecified atom stereocenters. The summed E-state index contributed by atoms with van der Waals surface area (Å²) in [5.74, 6) is -0.240. The van der Waals surface area contributed by atoms with Crippen molar-refractivity contribution >= 4 is 46.4 Å². The smallest absolute Gasteiger partial charge is 0.241 e. The molecule has 0 saturated carbocycles. The molecule has 0 N–H and O–H groups in total. The van der Waals surface area contributed by atoms with E-state index < -0.39 is 0 Å². The maximum atomic E-state index is 11.5. The highest BCUT2D eigenvalue weighted by atomic mass is 35.5. The van der Waals surface area contributed by atoms with Crippen molar-refractivity contribution in [1.82, 2.24) is 0 Å². The molecule has 0 spiro atoms. The molecule has 0 fully saturated rings. The van der Waals surface area contributed by atoms with Crippen molar-refractivity contribution in [2.24, 2.45) is 0 Å². The maximum absolute atomic E-state index is 11.5. The minimum absolute atomic E-state index is 0.0627. The zero-order valence-corrected chi connectivity index (χ0v) is 10.4. The second-order valence-electron chi connectivity index (χ2n) is 2.87. The van der Waals surface area contributed by atoms with E-state index in [2.05, 4.69) is 0 Å². The van der Waals surface area contributed by atoms with Crippen LogP contribution in [0.4, 0.5) is 5.69 Å². The van der Waals surface area contributed by atoms with Gasteiger partial charge in [0.1, 0.15) is 5.88 Å². The van der Waals surface area contributed by atoms with Crippen LogP contribution in [0.3, 0.4) is 0 Å². The van der Waals surface area contributed by atoms with Crippen LogP contribution < -0.4 is 4.90 Å². The Balaban J connectivity index is 3.07. The molecule has 0 aliphatic rings. The van der Waals surface area contributed by atoms with Gasteiger partial charge in [0.25, 0.3) is 0 Å². The third kappa shape index (κ3) is 3.00. The third-order valence-electron chi connectivity index (χ3n) is 1.93. The van der Waals surface area contributed by atoms with Gasteiger partial charge in [0.2, 0.25) is 5.91 Å². The number of benzene rings is 1. The van der Waals surface area contributed by atoms with Gasteiger partial charge in [0.05, 0.1) is 10.7 Å². The summed E-state index contributed by atoms with van der Waals surface area (Å²) < 4.78 is 0. The number of carbonyl (C=O) groups excluding carboxylic acids is 1. The summed E-state index contributed by atoms with van der Waals surface area (Å²) in [4.78, 5) is 13.0. The summed E-state index contributed by atoms with van der Waals surface area (Å²) in [7, 11) is 0. The zero-order chi connectivity index (χ0) is 11.4. The molecular weight excluding hydrogens is 256 g/mol. The second-order valence-corrected chi connectivity index (χ2v) is 3.98. The Kier molecular flexibility index (Phi) is 4.71. The van der Waals surface area contributed by atoms with Crippen molar-refractivity contribution in [2.75, 3.05) is 17.3 Å². The Hall–Kier alpha value is -0.440. The van der Waals surface area contributed by atoms with E-state index in [1.165, 1.54) is 4.90 Å². The summed E-state index contributed by atoms with van der Waals surface area (Å²) in [6.45, 7) is 2.38. The molecule has 0 radical (unpaired) electrons. The molecule has 82 valence electrons. The molecule has 0 aliphatic carbocycles. The average Bonchev–Trinajstić information content (AvgIpc) is 2.21. The van der Waals surface area contributed by atoms with E-state index in [0.717, 1.165) is 0 Å². The van der Waals surface area contributed by atoms with Gasteiger partial charge in [-0.05, 0) is 25.1 Å². The van der Waals surface area contributed by atoms with Gasteiger partial charge in [-0.3, -0.25) is 4.79 Å². The lowest BCUT2D eigenvalue weighted by Gasteiger charge is -2.21. The van der Waals surface area contributed by atoms with E-state index in [-0.39, 0.29) is 11.8 Å². The summed E-state index contributed by atoms with van der Waals surface area (Å²) in [5, 5.41) is 0.987. The van der Waals surface area contributed by atoms with E-state index in [1.807, 2.05) is 6.92 Å². The van der Waals surface area contributed by atoms with Crippen molar-refractivity contribution in [1.29, 1.82) is 0 Å². The quantitative estimate of drug-likeness (QED) is 0.766. The Labute approximate surface area is 104 Å². The van der Waals surface area contributed by atoms with Crippen LogP contribution in [0.25, 0.3) is 0 Å². The molecule has 1 aromatic rings. The Morgan fingerprint density at radius 1 is 1.40 bits per heavy atom. The fraction of sp³-hybridized carbons (Fsp3) is 0.300. The highest BCUT2D eigenvalue weighted by molar-refractivity contribution is 6.37. The van der Waals surface area contributed by atoms with E-state index in [1.54, 1.807) is 18.2 Å². The summed E-state index contributed by atoms with van der Waals surface area (Å²) >= 11 is 17.2. The minimum Gasteiger partial charge on any atom is -0.310 e. The molecule has 1 rings (SSSR count). The van der Waals surface area contributed by atoms with Gasteiger partial charge >= 0.3 is 0 Å². The number of hydrogen-bond acceptors (Lipinski definition) is 1. The number of rotatable bonds is 3. The lowest BCUT2D eigenvalue weighted by atomic mass is 10.3. The Morgan fingerprint density at radius 3 is 2.53 bits per heavy atom. The molecule has 1 aromatic carbocycles. The predicted molar refractivity (Wildman–Crippen MR) is 65.2 cm³/mol. The summed E-state index contributed by atoms with van der Waals surface area (Å²) in [6.07, 6.45) is 0. The number of halogens is 3. The van der Waals surface area contributed by atoms with Crippen LogP contribution in [0.5, 0.6) is 0 Å². The monoisotopic (exact) mass is 265 g/mol. The largest absolute Gasteiger partial charge is 0.310 e. The van der Waals surface area contributed by atoms with Crippen LogP contribution in [0, 0.1) is 0 Å². The van der Waals surface area contributed by atoms with E-state index in [9.17, 15) is 4.79 Å². The molecule has 0 aromatic heterocycles. The molecular formula is C10H10Cl3NO. The second kappa shape index (κ2) is 5.59. The predicted octanol–water partition coefficient (Wildman–Crippen LogP) is 3.59. The van der Waals surface area contributed by atoms with Crippen LogP contribution in [-0.4, -0.2) is 18.3 Å². The van der Waals surface area contributed by atoms with Gasteiger partial charge in [-0.1, -0.05) is 23.2 Å². The molecule has 15 heavy (non-hydrogen) atoms. The fourth-order valence-electron chi connectivity index (χ4n) is 1.25. The topological polar surface area (TPSA) is 20.3 Å². The van der Waals surface area contributed by atoms with Crippen molar-refractivity contribution in [2.45, 2.75) is 6.92 Å². The molecule has 0 heterocycles. The van der Waals surface area contributed by atoms with Gasteiger partial charge < -0.3 is 4.90 Å². The summed E-state index contributed by atoms with van der Waals surface area (Å²) in [6, 6.07) is 4.99.